The molecular weight excluding hydrogens is 212 g/mol. The normalized spacial score (nSPS) is 43.1. The molecule has 17 heavy (non-hydrogen) atoms. The summed E-state index contributed by atoms with van der Waals surface area (Å²) in [6, 6.07) is 0. The molecule has 0 heterocycles. The van der Waals surface area contributed by atoms with E-state index in [1.165, 1.54) is 12.8 Å². The van der Waals surface area contributed by atoms with Crippen molar-refractivity contribution in [2.24, 2.45) is 22.7 Å². The molecular formula is C15H26O2. The van der Waals surface area contributed by atoms with E-state index < -0.39 is 0 Å². The second-order valence-electron chi connectivity index (χ2n) is 7.30. The largest absolute Gasteiger partial charge is 0.459 e. The van der Waals surface area contributed by atoms with Crippen LogP contribution in [0.3, 0.4) is 0 Å². The number of hydrogen-bond acceptors (Lipinski definition) is 2. The van der Waals surface area contributed by atoms with Crippen LogP contribution in [0.2, 0.25) is 0 Å². The fourth-order valence-electron chi connectivity index (χ4n) is 4.09. The molecule has 0 saturated heterocycles. The van der Waals surface area contributed by atoms with Gasteiger partial charge in [-0.25, -0.2) is 0 Å². The molecule has 0 aromatic rings. The van der Waals surface area contributed by atoms with E-state index in [4.69, 9.17) is 4.74 Å². The van der Waals surface area contributed by atoms with Crippen molar-refractivity contribution in [3.63, 3.8) is 0 Å². The van der Waals surface area contributed by atoms with Gasteiger partial charge in [-0.15, -0.1) is 0 Å². The summed E-state index contributed by atoms with van der Waals surface area (Å²) >= 11 is 0. The van der Waals surface area contributed by atoms with Crippen LogP contribution in [0.25, 0.3) is 0 Å². The maximum atomic E-state index is 11.9. The Labute approximate surface area is 105 Å². The third kappa shape index (κ3) is 1.49. The van der Waals surface area contributed by atoms with Crippen molar-refractivity contribution < 1.29 is 9.53 Å². The minimum absolute atomic E-state index is 0.0299. The van der Waals surface area contributed by atoms with E-state index in [1.807, 2.05) is 13.8 Å². The Kier molecular flexibility index (Phi) is 2.65. The van der Waals surface area contributed by atoms with Gasteiger partial charge in [0.05, 0.1) is 5.92 Å². The second kappa shape index (κ2) is 3.49. The molecule has 2 heteroatoms. The number of ether oxygens (including phenoxy) is 1. The van der Waals surface area contributed by atoms with Crippen molar-refractivity contribution >= 4 is 5.97 Å². The molecule has 2 bridgehead atoms. The molecule has 0 aromatic heterocycles. The Balaban J connectivity index is 2.27. The molecule has 3 atom stereocenters. The summed E-state index contributed by atoms with van der Waals surface area (Å²) in [7, 11) is 0. The lowest BCUT2D eigenvalue weighted by molar-refractivity contribution is -0.178. The van der Waals surface area contributed by atoms with E-state index in [0.29, 0.717) is 11.3 Å². The number of fused-ring (bicyclic) bond motifs is 2. The number of carbonyl (C=O) groups excluding carboxylic acids is 1. The highest BCUT2D eigenvalue weighted by molar-refractivity contribution is 5.72. The second-order valence-corrected chi connectivity index (χ2v) is 7.30. The van der Waals surface area contributed by atoms with Gasteiger partial charge in [0.15, 0.2) is 0 Å². The molecule has 2 nitrogen and oxygen atoms in total. The van der Waals surface area contributed by atoms with E-state index in [9.17, 15) is 4.79 Å². The van der Waals surface area contributed by atoms with E-state index in [-0.39, 0.29) is 22.9 Å². The van der Waals surface area contributed by atoms with Gasteiger partial charge in [0.2, 0.25) is 0 Å². The number of esters is 1. The van der Waals surface area contributed by atoms with Crippen LogP contribution in [0.5, 0.6) is 0 Å². The van der Waals surface area contributed by atoms with Crippen molar-refractivity contribution in [1.82, 2.24) is 0 Å². The summed E-state index contributed by atoms with van der Waals surface area (Å²) < 4.78 is 5.89. The minimum Gasteiger partial charge on any atom is -0.459 e. The average Bonchev–Trinajstić information content (AvgIpc) is 2.49. The van der Waals surface area contributed by atoms with Crippen molar-refractivity contribution in [2.45, 2.75) is 66.4 Å². The lowest BCUT2D eigenvalue weighted by atomic mass is 9.65. The van der Waals surface area contributed by atoms with Gasteiger partial charge in [-0.3, -0.25) is 4.79 Å². The molecule has 0 spiro atoms. The van der Waals surface area contributed by atoms with Crippen molar-refractivity contribution in [2.75, 3.05) is 0 Å². The molecule has 0 N–H and O–H groups in total. The Morgan fingerprint density at radius 1 is 1.24 bits per heavy atom. The van der Waals surface area contributed by atoms with Gasteiger partial charge in [-0.1, -0.05) is 34.6 Å². The molecule has 2 saturated carbocycles. The van der Waals surface area contributed by atoms with Gasteiger partial charge in [0.1, 0.15) is 5.60 Å². The first-order chi connectivity index (χ1) is 7.64. The minimum atomic E-state index is -0.263. The van der Waals surface area contributed by atoms with Crippen LogP contribution >= 0.6 is 0 Å². The Morgan fingerprint density at radius 3 is 2.18 bits per heavy atom. The molecule has 0 amide bonds. The lowest BCUT2D eigenvalue weighted by Gasteiger charge is -2.46. The third-order valence-corrected chi connectivity index (χ3v) is 6.04. The van der Waals surface area contributed by atoms with Gasteiger partial charge in [-0.05, 0) is 37.5 Å². The van der Waals surface area contributed by atoms with Gasteiger partial charge in [0.25, 0.3) is 0 Å². The van der Waals surface area contributed by atoms with Crippen LogP contribution in [-0.4, -0.2) is 11.6 Å². The molecule has 98 valence electrons. The SMILES string of the molecule is CC(C)C(=O)OC1(C)CC2CCC1(C)C2(C)C. The molecule has 2 fully saturated rings. The van der Waals surface area contributed by atoms with Crippen LogP contribution in [0, 0.1) is 22.7 Å². The summed E-state index contributed by atoms with van der Waals surface area (Å²) in [4.78, 5) is 11.9. The standard InChI is InChI=1S/C15H26O2/c1-10(2)12(16)17-15(6)9-11-7-8-14(15,5)13(11,3)4/h10-11H,7-9H2,1-6H3. The van der Waals surface area contributed by atoms with Gasteiger partial charge >= 0.3 is 5.97 Å². The third-order valence-electron chi connectivity index (χ3n) is 6.04. The van der Waals surface area contributed by atoms with E-state index >= 15 is 0 Å². The Hall–Kier alpha value is -0.530. The predicted molar refractivity (Wildman–Crippen MR) is 68.6 cm³/mol. The van der Waals surface area contributed by atoms with Crippen LogP contribution in [0.1, 0.15) is 60.8 Å². The molecule has 3 unspecified atom stereocenters. The zero-order valence-corrected chi connectivity index (χ0v) is 12.1. The first kappa shape index (κ1) is 12.9. The fourth-order valence-corrected chi connectivity index (χ4v) is 4.09. The van der Waals surface area contributed by atoms with Crippen molar-refractivity contribution in [1.29, 1.82) is 0 Å². The molecule has 2 rings (SSSR count). The fraction of sp³-hybridized carbons (Fsp3) is 0.933. The Bertz CT molecular complexity index is 345. The van der Waals surface area contributed by atoms with Crippen LogP contribution < -0.4 is 0 Å². The summed E-state index contributed by atoms with van der Waals surface area (Å²) in [5, 5.41) is 0. The summed E-state index contributed by atoms with van der Waals surface area (Å²) in [6.07, 6.45) is 3.51. The zero-order chi connectivity index (χ0) is 13.1. The Morgan fingerprint density at radius 2 is 1.82 bits per heavy atom. The lowest BCUT2D eigenvalue weighted by Crippen LogP contribution is -2.48. The van der Waals surface area contributed by atoms with E-state index in [2.05, 4.69) is 27.7 Å². The molecule has 0 aromatic carbocycles. The number of carbonyl (C=O) groups is 1. The van der Waals surface area contributed by atoms with Crippen LogP contribution in [0.4, 0.5) is 0 Å². The van der Waals surface area contributed by atoms with Gasteiger partial charge in [-0.2, -0.15) is 0 Å². The molecule has 2 aliphatic carbocycles. The maximum absolute atomic E-state index is 11.9. The highest BCUT2D eigenvalue weighted by atomic mass is 16.6. The monoisotopic (exact) mass is 238 g/mol. The van der Waals surface area contributed by atoms with E-state index in [0.717, 1.165) is 6.42 Å². The molecule has 0 radical (unpaired) electrons. The quantitative estimate of drug-likeness (QED) is 0.684. The van der Waals surface area contributed by atoms with Gasteiger partial charge in [0, 0.05) is 5.41 Å². The van der Waals surface area contributed by atoms with Crippen LogP contribution in [-0.2, 0) is 9.53 Å². The number of rotatable bonds is 2. The topological polar surface area (TPSA) is 26.3 Å². The average molecular weight is 238 g/mol. The van der Waals surface area contributed by atoms with E-state index in [1.54, 1.807) is 0 Å². The maximum Gasteiger partial charge on any atom is 0.308 e. The summed E-state index contributed by atoms with van der Waals surface area (Å²) in [5.74, 6) is 0.632. The summed E-state index contributed by atoms with van der Waals surface area (Å²) in [5.41, 5.74) is 0.162. The zero-order valence-electron chi connectivity index (χ0n) is 12.1. The molecule has 2 aliphatic rings. The highest BCUT2D eigenvalue weighted by Crippen LogP contribution is 2.70. The van der Waals surface area contributed by atoms with Gasteiger partial charge < -0.3 is 4.74 Å². The van der Waals surface area contributed by atoms with Crippen molar-refractivity contribution in [3.05, 3.63) is 0 Å². The van der Waals surface area contributed by atoms with Crippen LogP contribution in [0.15, 0.2) is 0 Å². The first-order valence-electron chi connectivity index (χ1n) is 6.87. The number of hydrogen-bond donors (Lipinski definition) is 0. The smallest absolute Gasteiger partial charge is 0.308 e. The molecule has 0 aliphatic heterocycles. The van der Waals surface area contributed by atoms with Crippen molar-refractivity contribution in [3.8, 4) is 0 Å². The first-order valence-corrected chi connectivity index (χ1v) is 6.87. The highest BCUT2D eigenvalue weighted by Gasteiger charge is 2.68. The summed E-state index contributed by atoms with van der Waals surface area (Å²) in [6.45, 7) is 13.0. The predicted octanol–water partition coefficient (Wildman–Crippen LogP) is 3.79.